The second kappa shape index (κ2) is 37.9. The van der Waals surface area contributed by atoms with Crippen molar-refractivity contribution in [2.45, 2.75) is 167 Å². The van der Waals surface area contributed by atoms with E-state index in [0.29, 0.717) is 23.9 Å². The van der Waals surface area contributed by atoms with Gasteiger partial charge in [-0.2, -0.15) is 0 Å². The number of hydrogen-bond donors (Lipinski definition) is 1. The van der Waals surface area contributed by atoms with Crippen LogP contribution in [0, 0.1) is 0 Å². The molecule has 0 amide bonds. The number of ether oxygens (including phenoxy) is 4. The van der Waals surface area contributed by atoms with Crippen molar-refractivity contribution >= 4 is 17.9 Å². The fraction of sp³-hybridized carbons (Fsp3) is 0.717. The second-order valence-corrected chi connectivity index (χ2v) is 15.3. The number of carboxylic acids is 1. The molecule has 9 heteroatoms. The number of hydrogen-bond acceptors (Lipinski definition) is 7. The van der Waals surface area contributed by atoms with Gasteiger partial charge in [0.05, 0.1) is 34.4 Å². The molecule has 0 saturated heterocycles. The van der Waals surface area contributed by atoms with Crippen LogP contribution in [0.3, 0.4) is 0 Å². The number of allylic oxidation sites excluding steroid dienone is 10. The van der Waals surface area contributed by atoms with Crippen LogP contribution in [-0.2, 0) is 33.3 Å². The lowest BCUT2D eigenvalue weighted by atomic mass is 10.1. The van der Waals surface area contributed by atoms with Crippen molar-refractivity contribution in [2.75, 3.05) is 47.5 Å². The minimum atomic E-state index is -1.51. The predicted molar refractivity (Wildman–Crippen MR) is 226 cm³/mol. The number of carbonyl (C=O) groups excluding carboxylic acids is 2. The SMILES string of the molecule is CC/C=C\C/C=C\C/C=C\C/C=C\C/C=C\CCCCCCCC(=O)OC(COC(=O)CCCCCCCCCCC)COC(OCC[N+](C)(C)C)C(=O)O. The maximum absolute atomic E-state index is 12.7. The summed E-state index contributed by atoms with van der Waals surface area (Å²) < 4.78 is 22.6. The van der Waals surface area contributed by atoms with Gasteiger partial charge in [0, 0.05) is 12.8 Å². The zero-order valence-electron chi connectivity index (χ0n) is 35.6. The molecule has 0 aliphatic heterocycles. The van der Waals surface area contributed by atoms with E-state index in [1.165, 1.54) is 38.5 Å². The highest BCUT2D eigenvalue weighted by Gasteiger charge is 2.25. The van der Waals surface area contributed by atoms with Gasteiger partial charge in [0.25, 0.3) is 6.29 Å². The van der Waals surface area contributed by atoms with Crippen molar-refractivity contribution in [1.29, 1.82) is 0 Å². The van der Waals surface area contributed by atoms with Crippen LogP contribution in [0.25, 0.3) is 0 Å². The van der Waals surface area contributed by atoms with E-state index in [0.717, 1.165) is 83.5 Å². The van der Waals surface area contributed by atoms with Gasteiger partial charge in [0.15, 0.2) is 6.10 Å². The van der Waals surface area contributed by atoms with Gasteiger partial charge in [-0.3, -0.25) is 9.59 Å². The average molecular weight is 775 g/mol. The number of esters is 2. The molecule has 0 aromatic rings. The third kappa shape index (κ3) is 39.0. The van der Waals surface area contributed by atoms with Gasteiger partial charge < -0.3 is 28.5 Å². The highest BCUT2D eigenvalue weighted by Crippen LogP contribution is 2.13. The molecule has 0 radical (unpaired) electrons. The quantitative estimate of drug-likeness (QED) is 0.0217. The zero-order chi connectivity index (χ0) is 40.7. The van der Waals surface area contributed by atoms with E-state index in [1.54, 1.807) is 0 Å². The average Bonchev–Trinajstić information content (AvgIpc) is 3.14. The fourth-order valence-electron chi connectivity index (χ4n) is 5.45. The summed E-state index contributed by atoms with van der Waals surface area (Å²) >= 11 is 0. The topological polar surface area (TPSA) is 108 Å². The van der Waals surface area contributed by atoms with E-state index >= 15 is 0 Å². The van der Waals surface area contributed by atoms with Crippen LogP contribution in [0.15, 0.2) is 60.8 Å². The first-order valence-electron chi connectivity index (χ1n) is 21.5. The molecule has 0 aromatic carbocycles. The number of carboxylic acid groups (broad SMARTS) is 1. The largest absolute Gasteiger partial charge is 0.477 e. The summed E-state index contributed by atoms with van der Waals surface area (Å²) in [6, 6.07) is 0. The molecule has 0 fully saturated rings. The van der Waals surface area contributed by atoms with E-state index < -0.39 is 24.3 Å². The molecule has 0 saturated carbocycles. The number of aliphatic carboxylic acids is 1. The Hall–Kier alpha value is -3.01. The highest BCUT2D eigenvalue weighted by atomic mass is 16.7. The maximum Gasteiger partial charge on any atom is 0.361 e. The molecule has 0 heterocycles. The highest BCUT2D eigenvalue weighted by molar-refractivity contribution is 5.71. The summed E-state index contributed by atoms with van der Waals surface area (Å²) in [7, 11) is 5.93. The number of carbonyl (C=O) groups is 3. The molecule has 2 atom stereocenters. The Bertz CT molecular complexity index is 1090. The van der Waals surface area contributed by atoms with E-state index in [1.807, 2.05) is 21.1 Å². The monoisotopic (exact) mass is 775 g/mol. The summed E-state index contributed by atoms with van der Waals surface area (Å²) in [5, 5.41) is 9.60. The van der Waals surface area contributed by atoms with Crippen molar-refractivity contribution < 1.29 is 42.9 Å². The van der Waals surface area contributed by atoms with Crippen molar-refractivity contribution in [2.24, 2.45) is 0 Å². The number of quaternary nitrogens is 1. The Morgan fingerprint density at radius 3 is 1.55 bits per heavy atom. The Morgan fingerprint density at radius 2 is 1.04 bits per heavy atom. The standard InChI is InChI=1S/C46H79NO8/c1-6-8-10-12-14-16-17-18-19-20-21-22-23-24-25-26-27-29-31-33-35-37-44(49)55-42(41-54-46(45(50)51)52-39-38-47(3,4)5)40-53-43(48)36-34-32-30-28-15-13-11-9-7-2/h8,10,14,16,18-19,21-22,24-25,42,46H,6-7,9,11-13,15,17,20,23,26-41H2,1-5H3/p+1/b10-8-,16-14-,19-18-,22-21-,25-24-. The third-order valence-corrected chi connectivity index (χ3v) is 8.79. The normalized spacial score (nSPS) is 13.5. The summed E-state index contributed by atoms with van der Waals surface area (Å²) in [6.45, 7) is 4.69. The van der Waals surface area contributed by atoms with E-state index in [4.69, 9.17) is 18.9 Å². The van der Waals surface area contributed by atoms with Crippen LogP contribution in [0.5, 0.6) is 0 Å². The molecule has 1 N–H and O–H groups in total. The fourth-order valence-corrected chi connectivity index (χ4v) is 5.45. The Balaban J connectivity index is 4.45. The molecule has 0 aliphatic rings. The van der Waals surface area contributed by atoms with Gasteiger partial charge in [-0.05, 0) is 57.8 Å². The van der Waals surface area contributed by atoms with E-state index in [2.05, 4.69) is 74.6 Å². The first-order valence-corrected chi connectivity index (χ1v) is 21.5. The molecular weight excluding hydrogens is 695 g/mol. The molecule has 0 rings (SSSR count). The van der Waals surface area contributed by atoms with Crippen LogP contribution in [0.1, 0.15) is 155 Å². The minimum absolute atomic E-state index is 0.182. The van der Waals surface area contributed by atoms with Crippen LogP contribution in [0.4, 0.5) is 0 Å². The number of likely N-dealkylation sites (N-methyl/N-ethyl adjacent to an activating group) is 1. The summed E-state index contributed by atoms with van der Waals surface area (Å²) in [5.74, 6) is -2.04. The maximum atomic E-state index is 12.7. The van der Waals surface area contributed by atoms with Crippen LogP contribution in [0.2, 0.25) is 0 Å². The summed E-state index contributed by atoms with van der Waals surface area (Å²) in [4.78, 5) is 36.9. The van der Waals surface area contributed by atoms with Gasteiger partial charge in [0.2, 0.25) is 0 Å². The minimum Gasteiger partial charge on any atom is -0.477 e. The van der Waals surface area contributed by atoms with Crippen LogP contribution in [-0.4, -0.2) is 87.4 Å². The number of unbranched alkanes of at least 4 members (excludes halogenated alkanes) is 13. The molecule has 2 unspecified atom stereocenters. The third-order valence-electron chi connectivity index (χ3n) is 8.79. The van der Waals surface area contributed by atoms with Crippen LogP contribution >= 0.6 is 0 Å². The molecule has 0 bridgehead atoms. The van der Waals surface area contributed by atoms with Crippen LogP contribution < -0.4 is 0 Å². The smallest absolute Gasteiger partial charge is 0.361 e. The Kier molecular flexibility index (Phi) is 35.8. The summed E-state index contributed by atoms with van der Waals surface area (Å²) in [6.07, 6.45) is 41.4. The van der Waals surface area contributed by atoms with Gasteiger partial charge in [-0.1, -0.05) is 145 Å². The summed E-state index contributed by atoms with van der Waals surface area (Å²) in [5.41, 5.74) is 0. The Morgan fingerprint density at radius 1 is 0.564 bits per heavy atom. The Labute approximate surface area is 335 Å². The first kappa shape index (κ1) is 52.0. The lowest BCUT2D eigenvalue weighted by molar-refractivity contribution is -0.870. The molecule has 9 nitrogen and oxygen atoms in total. The zero-order valence-corrected chi connectivity index (χ0v) is 35.6. The molecule has 0 aromatic heterocycles. The molecule has 316 valence electrons. The predicted octanol–water partition coefficient (Wildman–Crippen LogP) is 11.0. The second-order valence-electron chi connectivity index (χ2n) is 15.3. The van der Waals surface area contributed by atoms with Gasteiger partial charge in [0.1, 0.15) is 13.2 Å². The molecule has 55 heavy (non-hydrogen) atoms. The van der Waals surface area contributed by atoms with Gasteiger partial charge in [-0.15, -0.1) is 0 Å². The van der Waals surface area contributed by atoms with Crippen molar-refractivity contribution in [3.05, 3.63) is 60.8 Å². The lowest BCUT2D eigenvalue weighted by Crippen LogP contribution is -2.40. The van der Waals surface area contributed by atoms with Crippen molar-refractivity contribution in [1.82, 2.24) is 0 Å². The first-order chi connectivity index (χ1) is 26.6. The van der Waals surface area contributed by atoms with Crippen molar-refractivity contribution in [3.63, 3.8) is 0 Å². The number of rotatable bonds is 38. The van der Waals surface area contributed by atoms with Gasteiger partial charge in [-0.25, -0.2) is 4.79 Å². The van der Waals surface area contributed by atoms with E-state index in [-0.39, 0.29) is 32.2 Å². The molecular formula is C46H80NO8+. The van der Waals surface area contributed by atoms with Crippen molar-refractivity contribution in [3.8, 4) is 0 Å². The molecule has 0 aliphatic carbocycles. The van der Waals surface area contributed by atoms with E-state index in [9.17, 15) is 19.5 Å². The van der Waals surface area contributed by atoms with Gasteiger partial charge >= 0.3 is 17.9 Å². The molecule has 0 spiro atoms. The number of nitrogens with zero attached hydrogens (tertiary/aromatic N) is 1. The lowest BCUT2D eigenvalue weighted by Gasteiger charge is -2.25.